The third-order valence-corrected chi connectivity index (χ3v) is 4.33. The molecule has 0 bridgehead atoms. The smallest absolute Gasteiger partial charge is 0.422 e. The van der Waals surface area contributed by atoms with Crippen LogP contribution in [0, 0.1) is 0 Å². The lowest BCUT2D eigenvalue weighted by Crippen LogP contribution is -2.48. The van der Waals surface area contributed by atoms with E-state index in [-0.39, 0.29) is 12.2 Å². The van der Waals surface area contributed by atoms with Crippen LogP contribution in [0.3, 0.4) is 0 Å². The molecular formula is C19H19ClF3N3O4. The fourth-order valence-corrected chi connectivity index (χ4v) is 2.74. The molecule has 0 unspecified atom stereocenters. The number of hydrogen-bond donors (Lipinski definition) is 3. The molecule has 11 heteroatoms. The van der Waals surface area contributed by atoms with Gasteiger partial charge in [-0.15, -0.1) is 0 Å². The second-order valence-corrected chi connectivity index (χ2v) is 6.76. The quantitative estimate of drug-likeness (QED) is 0.575. The molecule has 3 N–H and O–H groups in total. The molecule has 0 aliphatic rings. The normalized spacial score (nSPS) is 13.2. The number of carbonyl (C=O) groups excluding carboxylic acids is 1. The van der Waals surface area contributed by atoms with Crippen LogP contribution in [-0.2, 0) is 11.2 Å². The lowest BCUT2D eigenvalue weighted by molar-refractivity contribution is -0.153. The van der Waals surface area contributed by atoms with E-state index in [9.17, 15) is 22.8 Å². The van der Waals surface area contributed by atoms with Crippen LogP contribution in [0.2, 0.25) is 5.02 Å². The Morgan fingerprint density at radius 1 is 1.20 bits per heavy atom. The highest BCUT2D eigenvalue weighted by Crippen LogP contribution is 2.20. The van der Waals surface area contributed by atoms with Crippen LogP contribution in [0.25, 0.3) is 0 Å². The van der Waals surface area contributed by atoms with Crippen LogP contribution in [-0.4, -0.2) is 40.9 Å². The molecule has 2 amide bonds. The van der Waals surface area contributed by atoms with E-state index in [1.165, 1.54) is 12.1 Å². The molecule has 0 fully saturated rings. The van der Waals surface area contributed by atoms with Crippen LogP contribution < -0.4 is 15.4 Å². The monoisotopic (exact) mass is 445 g/mol. The number of ether oxygens (including phenoxy) is 1. The number of alkyl halides is 3. The van der Waals surface area contributed by atoms with Gasteiger partial charge in [0.1, 0.15) is 11.8 Å². The van der Waals surface area contributed by atoms with Crippen LogP contribution in [0.4, 0.5) is 18.0 Å². The van der Waals surface area contributed by atoms with E-state index in [1.54, 1.807) is 31.2 Å². The molecule has 2 aromatic rings. The van der Waals surface area contributed by atoms with Crippen LogP contribution in [0.15, 0.2) is 42.6 Å². The third kappa shape index (κ3) is 7.43. The Hall–Kier alpha value is -3.01. The molecule has 2 rings (SSSR count). The molecule has 2 atom stereocenters. The Morgan fingerprint density at radius 2 is 1.90 bits per heavy atom. The molecule has 1 aromatic carbocycles. The minimum atomic E-state index is -4.46. The number of nitrogens with one attached hydrogen (secondary N) is 2. The highest BCUT2D eigenvalue weighted by atomic mass is 35.5. The van der Waals surface area contributed by atoms with Crippen molar-refractivity contribution in [2.75, 3.05) is 6.61 Å². The van der Waals surface area contributed by atoms with Crippen LogP contribution in [0.5, 0.6) is 5.75 Å². The van der Waals surface area contributed by atoms with Gasteiger partial charge in [0.25, 0.3) is 0 Å². The van der Waals surface area contributed by atoms with Crippen molar-refractivity contribution in [3.05, 3.63) is 58.9 Å². The average Bonchev–Trinajstić information content (AvgIpc) is 2.67. The molecule has 0 aliphatic heterocycles. The fourth-order valence-electron chi connectivity index (χ4n) is 2.53. The van der Waals surface area contributed by atoms with E-state index < -0.39 is 36.9 Å². The van der Waals surface area contributed by atoms with E-state index in [4.69, 9.17) is 16.7 Å². The molecule has 0 radical (unpaired) electrons. The number of carbonyl (C=O) groups is 2. The first kappa shape index (κ1) is 23.3. The number of nitrogens with zero attached hydrogens (tertiary/aromatic N) is 1. The molecule has 1 heterocycles. The Kier molecular flexibility index (Phi) is 7.87. The topological polar surface area (TPSA) is 101 Å². The maximum Gasteiger partial charge on any atom is 0.422 e. The maximum absolute atomic E-state index is 12.6. The second kappa shape index (κ2) is 10.1. The van der Waals surface area contributed by atoms with Gasteiger partial charge < -0.3 is 20.5 Å². The van der Waals surface area contributed by atoms with E-state index in [0.29, 0.717) is 16.3 Å². The molecule has 1 aromatic heterocycles. The predicted molar refractivity (Wildman–Crippen MR) is 102 cm³/mol. The van der Waals surface area contributed by atoms with E-state index in [2.05, 4.69) is 20.4 Å². The maximum atomic E-state index is 12.6. The Bertz CT molecular complexity index is 878. The van der Waals surface area contributed by atoms with Gasteiger partial charge in [-0.25, -0.2) is 4.79 Å². The zero-order valence-corrected chi connectivity index (χ0v) is 16.5. The summed E-state index contributed by atoms with van der Waals surface area (Å²) in [6.07, 6.45) is -4.70. The van der Waals surface area contributed by atoms with E-state index >= 15 is 0 Å². The first-order chi connectivity index (χ1) is 14.0. The highest BCUT2D eigenvalue weighted by Gasteiger charge is 2.28. The first-order valence-corrected chi connectivity index (χ1v) is 9.11. The molecule has 0 spiro atoms. The zero-order valence-electron chi connectivity index (χ0n) is 15.7. The lowest BCUT2D eigenvalue weighted by Gasteiger charge is -2.21. The van der Waals surface area contributed by atoms with Gasteiger partial charge in [-0.3, -0.25) is 9.78 Å². The number of rotatable bonds is 8. The fraction of sp³-hybridized carbons (Fsp3) is 0.316. The Labute approximate surface area is 175 Å². The molecule has 7 nitrogen and oxygen atoms in total. The number of halogens is 4. The average molecular weight is 446 g/mol. The summed E-state index contributed by atoms with van der Waals surface area (Å²) in [6.45, 7) is 0.161. The Morgan fingerprint density at radius 3 is 2.47 bits per heavy atom. The summed E-state index contributed by atoms with van der Waals surface area (Å²) in [5.41, 5.74) is 0.944. The van der Waals surface area contributed by atoms with Crippen molar-refractivity contribution in [2.45, 2.75) is 31.6 Å². The van der Waals surface area contributed by atoms with Gasteiger partial charge in [0.2, 0.25) is 5.91 Å². The van der Waals surface area contributed by atoms with Crippen molar-refractivity contribution >= 4 is 23.6 Å². The zero-order chi connectivity index (χ0) is 22.3. The number of aromatic nitrogens is 1. The number of benzene rings is 1. The highest BCUT2D eigenvalue weighted by molar-refractivity contribution is 6.31. The molecule has 0 aliphatic carbocycles. The molecular weight excluding hydrogens is 427 g/mol. The number of amides is 2. The van der Waals surface area contributed by atoms with Gasteiger partial charge in [-0.05, 0) is 30.7 Å². The molecule has 162 valence electrons. The second-order valence-electron chi connectivity index (χ2n) is 6.35. The van der Waals surface area contributed by atoms with Gasteiger partial charge in [0.05, 0.1) is 17.9 Å². The predicted octanol–water partition coefficient (Wildman–Crippen LogP) is 3.73. The summed E-state index contributed by atoms with van der Waals surface area (Å²) in [5.74, 6) is -0.678. The van der Waals surface area contributed by atoms with Crippen molar-refractivity contribution in [1.82, 2.24) is 15.6 Å². The Balaban J connectivity index is 2.03. The van der Waals surface area contributed by atoms with Crippen LogP contribution in [0.1, 0.15) is 24.2 Å². The van der Waals surface area contributed by atoms with Crippen molar-refractivity contribution in [3.8, 4) is 5.75 Å². The summed E-state index contributed by atoms with van der Waals surface area (Å²) < 4.78 is 41.2. The van der Waals surface area contributed by atoms with Gasteiger partial charge in [-0.1, -0.05) is 29.8 Å². The SMILES string of the molecule is C[C@@H](NC(=O)[C@H](Cc1ccccc1Cl)NC(=O)O)c1ccc(OCC(F)(F)F)cn1. The van der Waals surface area contributed by atoms with Crippen molar-refractivity contribution in [1.29, 1.82) is 0 Å². The first-order valence-electron chi connectivity index (χ1n) is 8.74. The van der Waals surface area contributed by atoms with Gasteiger partial charge in [0, 0.05) is 11.4 Å². The van der Waals surface area contributed by atoms with E-state index in [1.807, 2.05) is 0 Å². The number of hydrogen-bond acceptors (Lipinski definition) is 4. The minimum Gasteiger partial charge on any atom is -0.483 e. The number of carboxylic acid groups (broad SMARTS) is 1. The standard InChI is InChI=1S/C19H19ClF3N3O4/c1-11(15-7-6-13(9-24-15)30-10-19(21,22)23)25-17(27)16(26-18(28)29)8-12-4-2-3-5-14(12)20/h2-7,9,11,16,26H,8,10H2,1H3,(H,25,27)(H,28,29)/t11-,16+/m1/s1. The lowest BCUT2D eigenvalue weighted by atomic mass is 10.0. The largest absolute Gasteiger partial charge is 0.483 e. The summed E-state index contributed by atoms with van der Waals surface area (Å²) in [7, 11) is 0. The van der Waals surface area contributed by atoms with E-state index in [0.717, 1.165) is 6.20 Å². The summed E-state index contributed by atoms with van der Waals surface area (Å²) >= 11 is 6.08. The van der Waals surface area contributed by atoms with Crippen LogP contribution >= 0.6 is 11.6 Å². The van der Waals surface area contributed by atoms with Crippen molar-refractivity contribution in [2.24, 2.45) is 0 Å². The van der Waals surface area contributed by atoms with Gasteiger partial charge >= 0.3 is 12.3 Å². The number of pyridine rings is 1. The summed E-state index contributed by atoms with van der Waals surface area (Å²) in [5, 5.41) is 14.2. The van der Waals surface area contributed by atoms with Gasteiger partial charge in [-0.2, -0.15) is 13.2 Å². The molecule has 30 heavy (non-hydrogen) atoms. The summed E-state index contributed by atoms with van der Waals surface area (Å²) in [4.78, 5) is 27.7. The minimum absolute atomic E-state index is 0.0299. The molecule has 0 saturated carbocycles. The summed E-state index contributed by atoms with van der Waals surface area (Å²) in [6, 6.07) is 7.68. The third-order valence-electron chi connectivity index (χ3n) is 3.96. The molecule has 0 saturated heterocycles. The van der Waals surface area contributed by atoms with Gasteiger partial charge in [0.15, 0.2) is 6.61 Å². The van der Waals surface area contributed by atoms with Crippen molar-refractivity contribution < 1.29 is 32.6 Å². The van der Waals surface area contributed by atoms with Crippen molar-refractivity contribution in [3.63, 3.8) is 0 Å².